The first-order chi connectivity index (χ1) is 13.7. The van der Waals surface area contributed by atoms with Crippen LogP contribution in [0.5, 0.6) is 5.75 Å². The zero-order chi connectivity index (χ0) is 21.2. The van der Waals surface area contributed by atoms with Crippen molar-refractivity contribution in [2.45, 2.75) is 51.3 Å². The van der Waals surface area contributed by atoms with Crippen molar-refractivity contribution in [3.8, 4) is 5.75 Å². The number of rotatable bonds is 7. The predicted molar refractivity (Wildman–Crippen MR) is 108 cm³/mol. The fourth-order valence-corrected chi connectivity index (χ4v) is 3.35. The minimum Gasteiger partial charge on any atom is -0.496 e. The zero-order valence-electron chi connectivity index (χ0n) is 17.9. The number of hydrogen-bond donors (Lipinski definition) is 1. The van der Waals surface area contributed by atoms with Crippen LogP contribution in [0.4, 0.5) is 4.79 Å². The summed E-state index contributed by atoms with van der Waals surface area (Å²) in [6, 6.07) is 6.82. The third-order valence-electron chi connectivity index (χ3n) is 4.70. The lowest BCUT2D eigenvalue weighted by molar-refractivity contribution is 0.0509. The van der Waals surface area contributed by atoms with Gasteiger partial charge in [-0.2, -0.15) is 4.98 Å². The Kier molecular flexibility index (Phi) is 6.12. The number of para-hydroxylation sites is 1. The molecule has 8 nitrogen and oxygen atoms in total. The monoisotopic (exact) mass is 402 g/mol. The molecule has 1 aromatic carbocycles. The second kappa shape index (κ2) is 8.41. The van der Waals surface area contributed by atoms with Gasteiger partial charge in [0.2, 0.25) is 5.89 Å². The lowest BCUT2D eigenvalue weighted by Gasteiger charge is -2.23. The third-order valence-corrected chi connectivity index (χ3v) is 4.70. The number of alkyl carbamates (subject to hydrolysis) is 1. The van der Waals surface area contributed by atoms with Crippen LogP contribution in [-0.4, -0.2) is 47.9 Å². The average molecular weight is 402 g/mol. The summed E-state index contributed by atoms with van der Waals surface area (Å²) in [5, 5.41) is 7.06. The van der Waals surface area contributed by atoms with E-state index in [1.165, 1.54) is 0 Å². The SMILES string of the molecule is COc1ccccc1[C@H](NC(=O)OC(C)(C)C)c1noc([C@H](C2CC2)N(C)C)n1. The number of amides is 1. The predicted octanol–water partition coefficient (Wildman–Crippen LogP) is 3.71. The van der Waals surface area contributed by atoms with Crippen LogP contribution in [0.2, 0.25) is 0 Å². The molecule has 1 amide bonds. The highest BCUT2D eigenvalue weighted by molar-refractivity contribution is 5.69. The van der Waals surface area contributed by atoms with Crippen LogP contribution in [0.3, 0.4) is 0 Å². The van der Waals surface area contributed by atoms with E-state index in [0.29, 0.717) is 23.4 Å². The van der Waals surface area contributed by atoms with E-state index < -0.39 is 17.7 Å². The molecule has 8 heteroatoms. The number of hydrogen-bond acceptors (Lipinski definition) is 7. The van der Waals surface area contributed by atoms with Gasteiger partial charge in [-0.05, 0) is 59.7 Å². The molecule has 1 aliphatic carbocycles. The first-order valence-corrected chi connectivity index (χ1v) is 9.82. The van der Waals surface area contributed by atoms with Gasteiger partial charge >= 0.3 is 6.09 Å². The molecule has 0 saturated heterocycles. The molecule has 0 unspecified atom stereocenters. The van der Waals surface area contributed by atoms with E-state index in [-0.39, 0.29) is 6.04 Å². The van der Waals surface area contributed by atoms with Gasteiger partial charge in [-0.15, -0.1) is 0 Å². The Bertz CT molecular complexity index is 837. The normalized spacial score (nSPS) is 16.4. The van der Waals surface area contributed by atoms with Crippen molar-refractivity contribution in [1.29, 1.82) is 0 Å². The summed E-state index contributed by atoms with van der Waals surface area (Å²) >= 11 is 0. The minimum atomic E-state index is -0.666. The van der Waals surface area contributed by atoms with Gasteiger partial charge in [0.25, 0.3) is 0 Å². The summed E-state index contributed by atoms with van der Waals surface area (Å²) in [7, 11) is 5.59. The number of ether oxygens (including phenoxy) is 2. The van der Waals surface area contributed by atoms with Gasteiger partial charge < -0.3 is 19.3 Å². The molecular formula is C21H30N4O4. The van der Waals surface area contributed by atoms with Gasteiger partial charge in [0.15, 0.2) is 5.82 Å². The quantitative estimate of drug-likeness (QED) is 0.755. The van der Waals surface area contributed by atoms with E-state index in [0.717, 1.165) is 18.4 Å². The van der Waals surface area contributed by atoms with E-state index in [4.69, 9.17) is 14.0 Å². The molecule has 0 spiro atoms. The maximum atomic E-state index is 12.5. The molecule has 1 aromatic heterocycles. The summed E-state index contributed by atoms with van der Waals surface area (Å²) in [5.41, 5.74) is 0.0980. The summed E-state index contributed by atoms with van der Waals surface area (Å²) in [5.74, 6) is 2.05. The smallest absolute Gasteiger partial charge is 0.408 e. The number of nitrogens with zero attached hydrogens (tertiary/aromatic N) is 3. The molecule has 2 atom stereocenters. The van der Waals surface area contributed by atoms with Gasteiger partial charge in [0, 0.05) is 5.56 Å². The lowest BCUT2D eigenvalue weighted by Crippen LogP contribution is -2.36. The Morgan fingerprint density at radius 2 is 1.97 bits per heavy atom. The van der Waals surface area contributed by atoms with Crippen LogP contribution in [0.25, 0.3) is 0 Å². The summed E-state index contributed by atoms with van der Waals surface area (Å²) in [4.78, 5) is 19.3. The van der Waals surface area contributed by atoms with Gasteiger partial charge in [0.1, 0.15) is 17.4 Å². The second-order valence-corrected chi connectivity index (χ2v) is 8.56. The molecule has 0 bridgehead atoms. The maximum Gasteiger partial charge on any atom is 0.408 e. The van der Waals surface area contributed by atoms with Crippen LogP contribution >= 0.6 is 0 Å². The van der Waals surface area contributed by atoms with Crippen molar-refractivity contribution >= 4 is 6.09 Å². The highest BCUT2D eigenvalue weighted by Crippen LogP contribution is 2.43. The fourth-order valence-electron chi connectivity index (χ4n) is 3.35. The molecule has 1 N–H and O–H groups in total. The van der Waals surface area contributed by atoms with Crippen molar-refractivity contribution in [3.63, 3.8) is 0 Å². The molecule has 3 rings (SSSR count). The Morgan fingerprint density at radius 3 is 2.55 bits per heavy atom. The van der Waals surface area contributed by atoms with Crippen molar-refractivity contribution < 1.29 is 18.8 Å². The highest BCUT2D eigenvalue weighted by Gasteiger charge is 2.38. The van der Waals surface area contributed by atoms with Crippen LogP contribution in [0.15, 0.2) is 28.8 Å². The largest absolute Gasteiger partial charge is 0.496 e. The molecule has 2 aromatic rings. The van der Waals surface area contributed by atoms with Crippen molar-refractivity contribution in [3.05, 3.63) is 41.5 Å². The molecule has 1 aliphatic rings. The molecule has 1 heterocycles. The molecule has 158 valence electrons. The van der Waals surface area contributed by atoms with Crippen LogP contribution in [0, 0.1) is 5.92 Å². The first kappa shape index (κ1) is 21.1. The zero-order valence-corrected chi connectivity index (χ0v) is 17.9. The Labute approximate surface area is 171 Å². The van der Waals surface area contributed by atoms with Crippen LogP contribution in [0.1, 0.15) is 63.0 Å². The summed E-state index contributed by atoms with van der Waals surface area (Å²) in [6.07, 6.45) is 1.73. The lowest BCUT2D eigenvalue weighted by atomic mass is 10.0. The Hall–Kier alpha value is -2.61. The number of nitrogens with one attached hydrogen (secondary N) is 1. The van der Waals surface area contributed by atoms with Gasteiger partial charge in [0.05, 0.1) is 13.2 Å². The number of carbonyl (C=O) groups is 1. The average Bonchev–Trinajstić information content (AvgIpc) is 3.34. The molecule has 0 aliphatic heterocycles. The molecule has 0 radical (unpaired) electrons. The van der Waals surface area contributed by atoms with E-state index >= 15 is 0 Å². The standard InChI is InChI=1S/C21H30N4O4/c1-21(2,3)28-20(26)22-16(14-9-7-8-10-15(14)27-6)18-23-19(29-24-18)17(25(4)5)13-11-12-13/h7-10,13,16-17H,11-12H2,1-6H3,(H,22,26)/t16-,17-/m0/s1. The Balaban J connectivity index is 1.94. The van der Waals surface area contributed by atoms with Gasteiger partial charge in [-0.25, -0.2) is 4.79 Å². The number of carbonyl (C=O) groups excluding carboxylic acids is 1. The molecule has 1 saturated carbocycles. The first-order valence-electron chi connectivity index (χ1n) is 9.82. The number of benzene rings is 1. The third kappa shape index (κ3) is 5.26. The summed E-state index contributed by atoms with van der Waals surface area (Å²) in [6.45, 7) is 5.44. The van der Waals surface area contributed by atoms with E-state index in [1.807, 2.05) is 59.1 Å². The van der Waals surface area contributed by atoms with Crippen molar-refractivity contribution in [1.82, 2.24) is 20.4 Å². The van der Waals surface area contributed by atoms with Crippen LogP contribution < -0.4 is 10.1 Å². The topological polar surface area (TPSA) is 89.7 Å². The molecular weight excluding hydrogens is 372 g/mol. The number of methoxy groups -OCH3 is 1. The van der Waals surface area contributed by atoms with E-state index in [2.05, 4.69) is 20.4 Å². The van der Waals surface area contributed by atoms with E-state index in [9.17, 15) is 4.79 Å². The van der Waals surface area contributed by atoms with Crippen molar-refractivity contribution in [2.24, 2.45) is 5.92 Å². The highest BCUT2D eigenvalue weighted by atomic mass is 16.6. The summed E-state index contributed by atoms with van der Waals surface area (Å²) < 4.78 is 16.5. The van der Waals surface area contributed by atoms with Crippen LogP contribution in [-0.2, 0) is 4.74 Å². The van der Waals surface area contributed by atoms with Crippen molar-refractivity contribution in [2.75, 3.05) is 21.2 Å². The fraction of sp³-hybridized carbons (Fsp3) is 0.571. The Morgan fingerprint density at radius 1 is 1.28 bits per heavy atom. The number of aromatic nitrogens is 2. The molecule has 29 heavy (non-hydrogen) atoms. The maximum absolute atomic E-state index is 12.5. The minimum absolute atomic E-state index is 0.0658. The second-order valence-electron chi connectivity index (χ2n) is 8.56. The molecule has 1 fully saturated rings. The van der Waals surface area contributed by atoms with Gasteiger partial charge in [-0.3, -0.25) is 4.90 Å². The van der Waals surface area contributed by atoms with Gasteiger partial charge in [-0.1, -0.05) is 23.4 Å². The van der Waals surface area contributed by atoms with E-state index in [1.54, 1.807) is 7.11 Å².